The smallest absolute Gasteiger partial charge is 0.263 e. The minimum atomic E-state index is -3.70. The summed E-state index contributed by atoms with van der Waals surface area (Å²) in [6.45, 7) is 1.82. The van der Waals surface area contributed by atoms with Crippen molar-refractivity contribution < 1.29 is 13.5 Å². The number of hydrogen-bond acceptors (Lipinski definition) is 5. The van der Waals surface area contributed by atoms with Crippen molar-refractivity contribution in [3.63, 3.8) is 0 Å². The van der Waals surface area contributed by atoms with Crippen LogP contribution in [0.2, 0.25) is 5.02 Å². The maximum Gasteiger partial charge on any atom is 0.263 e. The minimum Gasteiger partial charge on any atom is -0.396 e. The van der Waals surface area contributed by atoms with Gasteiger partial charge in [-0.3, -0.25) is 4.72 Å². The van der Waals surface area contributed by atoms with E-state index in [1.807, 2.05) is 5.38 Å². The molecule has 0 aliphatic carbocycles. The Morgan fingerprint density at radius 1 is 1.36 bits per heavy atom. The zero-order chi connectivity index (χ0) is 16.2. The lowest BCUT2D eigenvalue weighted by Crippen LogP contribution is -2.14. The van der Waals surface area contributed by atoms with E-state index in [2.05, 4.69) is 9.71 Å². The van der Waals surface area contributed by atoms with Crippen molar-refractivity contribution in [3.8, 4) is 0 Å². The summed E-state index contributed by atoms with van der Waals surface area (Å²) in [5.74, 6) is 0. The molecule has 1 aromatic carbocycles. The van der Waals surface area contributed by atoms with E-state index in [4.69, 9.17) is 16.7 Å². The van der Waals surface area contributed by atoms with Gasteiger partial charge in [0.05, 0.1) is 10.6 Å². The number of hydrogen-bond donors (Lipinski definition) is 2. The number of unbranched alkanes of at least 4 members (excludes halogenated alkanes) is 1. The Morgan fingerprint density at radius 3 is 2.86 bits per heavy atom. The van der Waals surface area contributed by atoms with Gasteiger partial charge in [-0.05, 0) is 43.9 Å². The van der Waals surface area contributed by atoms with Gasteiger partial charge in [-0.1, -0.05) is 17.7 Å². The maximum absolute atomic E-state index is 12.4. The van der Waals surface area contributed by atoms with Crippen molar-refractivity contribution in [2.24, 2.45) is 0 Å². The Kier molecular flexibility index (Phi) is 5.80. The molecule has 0 amide bonds. The Balaban J connectivity index is 2.14. The lowest BCUT2D eigenvalue weighted by molar-refractivity contribution is 0.284. The molecule has 2 N–H and O–H groups in total. The van der Waals surface area contributed by atoms with Crippen molar-refractivity contribution in [1.82, 2.24) is 4.98 Å². The highest BCUT2D eigenvalue weighted by Crippen LogP contribution is 2.26. The van der Waals surface area contributed by atoms with Gasteiger partial charge in [-0.15, -0.1) is 11.3 Å². The average molecular weight is 361 g/mol. The van der Waals surface area contributed by atoms with E-state index in [0.29, 0.717) is 22.1 Å². The number of thiazole rings is 1. The molecule has 1 aromatic heterocycles. The van der Waals surface area contributed by atoms with Crippen LogP contribution in [0.5, 0.6) is 0 Å². The first-order valence-electron chi connectivity index (χ1n) is 6.77. The quantitative estimate of drug-likeness (QED) is 0.743. The number of benzene rings is 1. The molecule has 2 aromatic rings. The van der Waals surface area contributed by atoms with E-state index in [9.17, 15) is 8.42 Å². The van der Waals surface area contributed by atoms with Gasteiger partial charge >= 0.3 is 0 Å². The van der Waals surface area contributed by atoms with Gasteiger partial charge in [0.1, 0.15) is 0 Å². The van der Waals surface area contributed by atoms with Crippen LogP contribution < -0.4 is 4.72 Å². The number of halogens is 1. The molecule has 0 atom stereocenters. The van der Waals surface area contributed by atoms with E-state index in [-0.39, 0.29) is 11.5 Å². The third kappa shape index (κ3) is 4.19. The lowest BCUT2D eigenvalue weighted by atomic mass is 10.2. The third-order valence-electron chi connectivity index (χ3n) is 3.12. The van der Waals surface area contributed by atoms with Gasteiger partial charge in [-0.2, -0.15) is 0 Å². The van der Waals surface area contributed by atoms with E-state index in [1.54, 1.807) is 19.1 Å². The summed E-state index contributed by atoms with van der Waals surface area (Å²) in [6.07, 6.45) is 2.25. The molecule has 0 radical (unpaired) electrons. The average Bonchev–Trinajstić information content (AvgIpc) is 2.88. The van der Waals surface area contributed by atoms with Gasteiger partial charge in [0.15, 0.2) is 5.13 Å². The Bertz CT molecular complexity index is 744. The number of aromatic nitrogens is 1. The zero-order valence-corrected chi connectivity index (χ0v) is 14.4. The largest absolute Gasteiger partial charge is 0.396 e. The number of nitrogens with one attached hydrogen (secondary N) is 1. The first kappa shape index (κ1) is 17.2. The van der Waals surface area contributed by atoms with E-state index < -0.39 is 10.0 Å². The number of aliphatic hydroxyl groups excluding tert-OH is 1. The molecule has 0 fully saturated rings. The van der Waals surface area contributed by atoms with Crippen molar-refractivity contribution in [1.29, 1.82) is 0 Å². The lowest BCUT2D eigenvalue weighted by Gasteiger charge is -2.09. The first-order valence-corrected chi connectivity index (χ1v) is 9.51. The van der Waals surface area contributed by atoms with Crippen molar-refractivity contribution in [2.45, 2.75) is 31.1 Å². The summed E-state index contributed by atoms with van der Waals surface area (Å²) in [6, 6.07) is 4.77. The summed E-state index contributed by atoms with van der Waals surface area (Å²) in [4.78, 5) is 4.41. The van der Waals surface area contributed by atoms with Crippen LogP contribution in [0.4, 0.5) is 5.13 Å². The fraction of sp³-hybridized carbons (Fsp3) is 0.357. The number of aryl methyl sites for hydroxylation is 1. The van der Waals surface area contributed by atoms with Crippen LogP contribution in [0.3, 0.4) is 0 Å². The number of rotatable bonds is 7. The number of nitrogens with zero attached hydrogens (tertiary/aromatic N) is 1. The minimum absolute atomic E-state index is 0.150. The predicted molar refractivity (Wildman–Crippen MR) is 89.1 cm³/mol. The third-order valence-corrected chi connectivity index (χ3v) is 5.95. The van der Waals surface area contributed by atoms with Crippen molar-refractivity contribution in [2.75, 3.05) is 11.3 Å². The molecule has 0 aliphatic heterocycles. The molecule has 0 unspecified atom stereocenters. The zero-order valence-electron chi connectivity index (χ0n) is 12.0. The Hall–Kier alpha value is -1.15. The maximum atomic E-state index is 12.4. The molecule has 22 heavy (non-hydrogen) atoms. The monoisotopic (exact) mass is 360 g/mol. The number of anilines is 1. The van der Waals surface area contributed by atoms with Gasteiger partial charge in [0.25, 0.3) is 10.0 Å². The van der Waals surface area contributed by atoms with Crippen molar-refractivity contribution >= 4 is 38.1 Å². The molecule has 0 saturated heterocycles. The van der Waals surface area contributed by atoms with Crippen LogP contribution in [-0.4, -0.2) is 25.1 Å². The highest BCUT2D eigenvalue weighted by Gasteiger charge is 2.19. The van der Waals surface area contributed by atoms with Crippen molar-refractivity contribution in [3.05, 3.63) is 39.9 Å². The second kappa shape index (κ2) is 7.41. The van der Waals surface area contributed by atoms with Gasteiger partial charge in [0, 0.05) is 17.0 Å². The van der Waals surface area contributed by atoms with Gasteiger partial charge < -0.3 is 5.11 Å². The first-order chi connectivity index (χ1) is 10.4. The molecule has 0 spiro atoms. The SMILES string of the molecule is Cc1c(Cl)cccc1S(=O)(=O)Nc1nc(CCCCO)cs1. The molecular weight excluding hydrogens is 344 g/mol. The molecular formula is C14H17ClN2O3S2. The molecule has 2 rings (SSSR count). The molecule has 8 heteroatoms. The summed E-state index contributed by atoms with van der Waals surface area (Å²) < 4.78 is 27.3. The topological polar surface area (TPSA) is 79.3 Å². The van der Waals surface area contributed by atoms with E-state index >= 15 is 0 Å². The Labute approximate surface area is 139 Å². The van der Waals surface area contributed by atoms with Crippen LogP contribution >= 0.6 is 22.9 Å². The second-order valence-electron chi connectivity index (χ2n) is 4.79. The fourth-order valence-electron chi connectivity index (χ4n) is 1.94. The highest BCUT2D eigenvalue weighted by atomic mass is 35.5. The summed E-state index contributed by atoms with van der Waals surface area (Å²) >= 11 is 7.21. The second-order valence-corrected chi connectivity index (χ2v) is 7.71. The molecule has 0 saturated carbocycles. The highest BCUT2D eigenvalue weighted by molar-refractivity contribution is 7.93. The fourth-order valence-corrected chi connectivity index (χ4v) is 4.43. The molecule has 0 bridgehead atoms. The van der Waals surface area contributed by atoms with Crippen LogP contribution in [0.25, 0.3) is 0 Å². The van der Waals surface area contributed by atoms with Crippen LogP contribution in [0.15, 0.2) is 28.5 Å². The van der Waals surface area contributed by atoms with Gasteiger partial charge in [-0.25, -0.2) is 13.4 Å². The van der Waals surface area contributed by atoms with Gasteiger partial charge in [0.2, 0.25) is 0 Å². The summed E-state index contributed by atoms with van der Waals surface area (Å²) in [5.41, 5.74) is 1.33. The molecule has 1 heterocycles. The molecule has 0 aliphatic rings. The standard InChI is InChI=1S/C14H17ClN2O3S2/c1-10-12(15)6-4-7-13(10)22(19,20)17-14-16-11(9-21-14)5-2-3-8-18/h4,6-7,9,18H,2-3,5,8H2,1H3,(H,16,17). The number of sulfonamides is 1. The van der Waals surface area contributed by atoms with E-state index in [1.165, 1.54) is 17.4 Å². The van der Waals surface area contributed by atoms with Crippen LogP contribution in [-0.2, 0) is 16.4 Å². The summed E-state index contributed by atoms with van der Waals surface area (Å²) in [7, 11) is -3.70. The normalized spacial score (nSPS) is 11.6. The van der Waals surface area contributed by atoms with E-state index in [0.717, 1.165) is 18.5 Å². The Morgan fingerprint density at radius 2 is 2.14 bits per heavy atom. The predicted octanol–water partition coefficient (Wildman–Crippen LogP) is 3.22. The number of aliphatic hydroxyl groups is 1. The summed E-state index contributed by atoms with van der Waals surface area (Å²) in [5, 5.41) is 11.3. The molecule has 120 valence electrons. The van der Waals surface area contributed by atoms with Crippen LogP contribution in [0, 0.1) is 6.92 Å². The van der Waals surface area contributed by atoms with Crippen LogP contribution in [0.1, 0.15) is 24.1 Å². The molecule has 5 nitrogen and oxygen atoms in total.